The number of hydrogen-bond donors (Lipinski definition) is 0. The molecule has 0 aromatic heterocycles. The van der Waals surface area contributed by atoms with E-state index in [4.69, 9.17) is 0 Å². The number of Topliss-reactive ketones (excluding diaryl/α,β-unsaturated/α-hetero) is 2. The van der Waals surface area contributed by atoms with E-state index in [1.165, 1.54) is 39.5 Å². The zero-order valence-electron chi connectivity index (χ0n) is 10.6. The van der Waals surface area contributed by atoms with Gasteiger partial charge in [0.15, 0.2) is 11.6 Å². The van der Waals surface area contributed by atoms with Crippen LogP contribution < -0.4 is 0 Å². The predicted molar refractivity (Wildman–Crippen MR) is 66.5 cm³/mol. The Morgan fingerprint density at radius 3 is 1.40 bits per heavy atom. The molecule has 0 heterocycles. The summed E-state index contributed by atoms with van der Waals surface area (Å²) in [7, 11) is 0. The van der Waals surface area contributed by atoms with Crippen LogP contribution in [0.15, 0.2) is 0 Å². The SMILES string of the molecule is CC(=O)C(C)=O.CCC[CH2][Sn][CH2]CCC. The molecule has 15 heavy (non-hydrogen) atoms. The number of carbonyl (C=O) groups is 2. The van der Waals surface area contributed by atoms with Crippen LogP contribution >= 0.6 is 0 Å². The number of ketones is 2. The summed E-state index contributed by atoms with van der Waals surface area (Å²) in [5.74, 6) is -0.759. The molecule has 3 heteroatoms. The summed E-state index contributed by atoms with van der Waals surface area (Å²) in [6.07, 6.45) is 5.84. The summed E-state index contributed by atoms with van der Waals surface area (Å²) in [6.45, 7) is 7.09. The molecule has 88 valence electrons. The van der Waals surface area contributed by atoms with Gasteiger partial charge in [-0.3, -0.25) is 9.59 Å². The van der Waals surface area contributed by atoms with Crippen molar-refractivity contribution >= 4 is 32.7 Å². The van der Waals surface area contributed by atoms with Gasteiger partial charge in [-0.05, 0) is 0 Å². The summed E-state index contributed by atoms with van der Waals surface area (Å²) < 4.78 is 3.25. The van der Waals surface area contributed by atoms with Crippen LogP contribution in [0.3, 0.4) is 0 Å². The van der Waals surface area contributed by atoms with E-state index in [1.54, 1.807) is 8.87 Å². The first kappa shape index (κ1) is 17.5. The van der Waals surface area contributed by atoms with Crippen molar-refractivity contribution in [3.05, 3.63) is 0 Å². The molecule has 0 amide bonds. The molecular weight excluding hydrogens is 295 g/mol. The summed E-state index contributed by atoms with van der Waals surface area (Å²) in [6, 6.07) is 0. The van der Waals surface area contributed by atoms with Gasteiger partial charge in [-0.15, -0.1) is 0 Å². The van der Waals surface area contributed by atoms with E-state index >= 15 is 0 Å². The second-order valence-corrected chi connectivity index (χ2v) is 7.85. The molecule has 0 rings (SSSR count). The Bertz CT molecular complexity index is 149. The van der Waals surface area contributed by atoms with Crippen LogP contribution in [0.1, 0.15) is 53.4 Å². The molecule has 2 radical (unpaired) electrons. The monoisotopic (exact) mass is 320 g/mol. The van der Waals surface area contributed by atoms with E-state index in [2.05, 4.69) is 13.8 Å². The Kier molecular flexibility index (Phi) is 16.5. The fourth-order valence-electron chi connectivity index (χ4n) is 0.729. The molecule has 0 aromatic carbocycles. The molecule has 0 aliphatic heterocycles. The maximum absolute atomic E-state index is 9.79. The van der Waals surface area contributed by atoms with Crippen molar-refractivity contribution in [1.29, 1.82) is 0 Å². The summed E-state index contributed by atoms with van der Waals surface area (Å²) in [5, 5.41) is 0. The third-order valence-electron chi connectivity index (χ3n) is 1.91. The molecule has 0 aliphatic rings. The number of carbonyl (C=O) groups excluding carboxylic acids is 2. The quantitative estimate of drug-likeness (QED) is 0.410. The van der Waals surface area contributed by atoms with E-state index in [9.17, 15) is 9.59 Å². The van der Waals surface area contributed by atoms with Crippen molar-refractivity contribution in [2.45, 2.75) is 62.3 Å². The van der Waals surface area contributed by atoms with Gasteiger partial charge in [-0.25, -0.2) is 0 Å². The summed E-state index contributed by atoms with van der Waals surface area (Å²) in [5.41, 5.74) is 0. The average Bonchev–Trinajstić information content (AvgIpc) is 2.18. The van der Waals surface area contributed by atoms with E-state index < -0.39 is 0 Å². The Hall–Kier alpha value is 0.139. The van der Waals surface area contributed by atoms with Crippen molar-refractivity contribution in [3.63, 3.8) is 0 Å². The Morgan fingerprint density at radius 2 is 1.20 bits per heavy atom. The first-order valence-electron chi connectivity index (χ1n) is 5.78. The molecular formula is C12H24O2Sn. The molecule has 0 saturated carbocycles. The van der Waals surface area contributed by atoms with Gasteiger partial charge in [0.2, 0.25) is 0 Å². The molecule has 0 N–H and O–H groups in total. The summed E-state index contributed by atoms with van der Waals surface area (Å²) >= 11 is 0.149. The molecule has 0 bridgehead atoms. The molecule has 0 aromatic rings. The van der Waals surface area contributed by atoms with E-state index in [-0.39, 0.29) is 32.7 Å². The number of hydrogen-bond acceptors (Lipinski definition) is 2. The normalized spacial score (nSPS) is 9.07. The van der Waals surface area contributed by atoms with E-state index in [0.29, 0.717) is 0 Å². The third kappa shape index (κ3) is 20.3. The van der Waals surface area contributed by atoms with Crippen molar-refractivity contribution in [2.24, 2.45) is 0 Å². The van der Waals surface area contributed by atoms with Gasteiger partial charge >= 0.3 is 69.5 Å². The molecule has 2 nitrogen and oxygen atoms in total. The first-order valence-corrected chi connectivity index (χ1v) is 9.82. The van der Waals surface area contributed by atoms with Crippen LogP contribution in [0.4, 0.5) is 0 Å². The van der Waals surface area contributed by atoms with Crippen LogP contribution in [0.25, 0.3) is 0 Å². The zero-order valence-corrected chi connectivity index (χ0v) is 13.4. The van der Waals surface area contributed by atoms with Gasteiger partial charge in [0.1, 0.15) is 0 Å². The van der Waals surface area contributed by atoms with Gasteiger partial charge in [-0.1, -0.05) is 0 Å². The van der Waals surface area contributed by atoms with E-state index in [0.717, 1.165) is 0 Å². The predicted octanol–water partition coefficient (Wildman–Crippen LogP) is 3.29. The molecule has 0 spiro atoms. The molecule has 0 saturated heterocycles. The van der Waals surface area contributed by atoms with Gasteiger partial charge in [-0.2, -0.15) is 0 Å². The second kappa shape index (κ2) is 14.1. The topological polar surface area (TPSA) is 34.1 Å². The van der Waals surface area contributed by atoms with Crippen LogP contribution in [0.2, 0.25) is 8.87 Å². The Morgan fingerprint density at radius 1 is 0.867 bits per heavy atom. The van der Waals surface area contributed by atoms with E-state index in [1.807, 2.05) is 0 Å². The summed E-state index contributed by atoms with van der Waals surface area (Å²) in [4.78, 5) is 19.6. The standard InChI is InChI=1S/C4H6O2.2C4H9.Sn/c1-3(5)4(2)6;2*1-3-4-2;/h1-2H3;2*1,3-4H2,2H3;. The molecule has 0 fully saturated rings. The van der Waals surface area contributed by atoms with Crippen LogP contribution in [0.5, 0.6) is 0 Å². The fourth-order valence-corrected chi connectivity index (χ4v) is 4.89. The zero-order chi connectivity index (χ0) is 12.1. The molecule has 0 aliphatic carbocycles. The van der Waals surface area contributed by atoms with Gasteiger partial charge in [0.25, 0.3) is 0 Å². The van der Waals surface area contributed by atoms with Crippen molar-refractivity contribution < 1.29 is 9.59 Å². The van der Waals surface area contributed by atoms with Crippen molar-refractivity contribution in [3.8, 4) is 0 Å². The third-order valence-corrected chi connectivity index (χ3v) is 5.95. The number of unbranched alkanes of at least 4 members (excludes halogenated alkanes) is 2. The minimum atomic E-state index is -0.380. The molecule has 0 unspecified atom stereocenters. The van der Waals surface area contributed by atoms with Crippen molar-refractivity contribution in [2.75, 3.05) is 0 Å². The van der Waals surface area contributed by atoms with Gasteiger partial charge < -0.3 is 0 Å². The first-order chi connectivity index (χ1) is 7.06. The Labute approximate surface area is 104 Å². The van der Waals surface area contributed by atoms with Crippen LogP contribution in [0, 0.1) is 0 Å². The average molecular weight is 319 g/mol. The fraction of sp³-hybridized carbons (Fsp3) is 0.833. The molecule has 0 atom stereocenters. The maximum atomic E-state index is 9.79. The van der Waals surface area contributed by atoms with Crippen LogP contribution in [-0.4, -0.2) is 32.7 Å². The van der Waals surface area contributed by atoms with Gasteiger partial charge in [0.05, 0.1) is 0 Å². The second-order valence-electron chi connectivity index (χ2n) is 3.57. The van der Waals surface area contributed by atoms with Crippen molar-refractivity contribution in [1.82, 2.24) is 0 Å². The van der Waals surface area contributed by atoms with Gasteiger partial charge in [0, 0.05) is 13.8 Å². The number of rotatable bonds is 7. The Balaban J connectivity index is 0. The minimum absolute atomic E-state index is 0.149. The van der Waals surface area contributed by atoms with Crippen LogP contribution in [-0.2, 0) is 9.59 Å².